The molecule has 84 valence electrons. The molecule has 3 N–H and O–H groups in total. The number of hydrogen-bond acceptors (Lipinski definition) is 3. The van der Waals surface area contributed by atoms with E-state index in [1.165, 1.54) is 0 Å². The van der Waals surface area contributed by atoms with E-state index in [1.807, 2.05) is 0 Å². The largest absolute Gasteiger partial charge is 0.368 e. The number of nitrogen functional groups attached to an aromatic ring is 1. The molecule has 0 aliphatic rings. The Morgan fingerprint density at radius 1 is 1.38 bits per heavy atom. The van der Waals surface area contributed by atoms with Gasteiger partial charge in [-0.3, -0.25) is 0 Å². The molecular formula is C8H5BrF2N4S. The molecule has 0 bridgehead atoms. The van der Waals surface area contributed by atoms with Crippen molar-refractivity contribution >= 4 is 34.1 Å². The number of H-pyrrole nitrogens is 1. The van der Waals surface area contributed by atoms with E-state index in [1.54, 1.807) is 0 Å². The molecule has 2 aromatic rings. The summed E-state index contributed by atoms with van der Waals surface area (Å²) >= 11 is 7.80. The van der Waals surface area contributed by atoms with Crippen molar-refractivity contribution in [2.45, 2.75) is 0 Å². The molecule has 0 aliphatic carbocycles. The normalized spacial score (nSPS) is 10.7. The van der Waals surface area contributed by atoms with Crippen LogP contribution in [0.25, 0.3) is 5.69 Å². The highest BCUT2D eigenvalue weighted by Crippen LogP contribution is 2.24. The summed E-state index contributed by atoms with van der Waals surface area (Å²) < 4.78 is 28.5. The second-order valence-corrected chi connectivity index (χ2v) is 4.24. The van der Waals surface area contributed by atoms with Crippen LogP contribution in [0.15, 0.2) is 16.6 Å². The number of benzene rings is 1. The molecule has 0 radical (unpaired) electrons. The fourth-order valence-electron chi connectivity index (χ4n) is 1.27. The van der Waals surface area contributed by atoms with Crippen molar-refractivity contribution in [2.24, 2.45) is 0 Å². The summed E-state index contributed by atoms with van der Waals surface area (Å²) in [4.78, 5) is 0. The Morgan fingerprint density at radius 3 is 2.38 bits per heavy atom. The van der Waals surface area contributed by atoms with Gasteiger partial charge in [-0.15, -0.1) is 5.10 Å². The summed E-state index contributed by atoms with van der Waals surface area (Å²) in [6.07, 6.45) is 0. The van der Waals surface area contributed by atoms with Crippen molar-refractivity contribution in [2.75, 3.05) is 5.73 Å². The zero-order chi connectivity index (χ0) is 11.9. The van der Waals surface area contributed by atoms with Crippen molar-refractivity contribution in [1.82, 2.24) is 14.8 Å². The number of aromatic nitrogens is 3. The van der Waals surface area contributed by atoms with Crippen LogP contribution in [0.3, 0.4) is 0 Å². The lowest BCUT2D eigenvalue weighted by Gasteiger charge is -2.07. The smallest absolute Gasteiger partial charge is 0.225 e. The molecule has 1 heterocycles. The highest BCUT2D eigenvalue weighted by molar-refractivity contribution is 9.10. The number of halogens is 3. The summed E-state index contributed by atoms with van der Waals surface area (Å²) in [7, 11) is 0. The van der Waals surface area contributed by atoms with Gasteiger partial charge in [-0.2, -0.15) is 0 Å². The predicted molar refractivity (Wildman–Crippen MR) is 60.8 cm³/mol. The predicted octanol–water partition coefficient (Wildman–Crippen LogP) is 2.55. The molecule has 0 amide bonds. The quantitative estimate of drug-likeness (QED) is 0.796. The number of nitrogens with two attached hydrogens (primary N) is 1. The SMILES string of the molecule is Nc1n[nH]c(=S)n1-c1c(F)cc(Br)cc1F. The Labute approximate surface area is 102 Å². The summed E-state index contributed by atoms with van der Waals surface area (Å²) in [6, 6.07) is 2.24. The second kappa shape index (κ2) is 3.95. The molecule has 1 aromatic heterocycles. The summed E-state index contributed by atoms with van der Waals surface area (Å²) in [6.45, 7) is 0. The van der Waals surface area contributed by atoms with Crippen molar-refractivity contribution in [3.63, 3.8) is 0 Å². The van der Waals surface area contributed by atoms with Gasteiger partial charge in [0.2, 0.25) is 10.7 Å². The first-order chi connectivity index (χ1) is 7.50. The van der Waals surface area contributed by atoms with Crippen molar-refractivity contribution in [1.29, 1.82) is 0 Å². The van der Waals surface area contributed by atoms with E-state index in [4.69, 9.17) is 18.0 Å². The second-order valence-electron chi connectivity index (χ2n) is 2.94. The van der Waals surface area contributed by atoms with Crippen LogP contribution < -0.4 is 5.73 Å². The molecule has 0 aliphatic heterocycles. The van der Waals surface area contributed by atoms with Crippen LogP contribution in [0, 0.1) is 16.4 Å². The first-order valence-corrected chi connectivity index (χ1v) is 5.28. The minimum absolute atomic E-state index is 0.0256. The molecule has 0 unspecified atom stereocenters. The van der Waals surface area contributed by atoms with Crippen molar-refractivity contribution in [3.05, 3.63) is 33.0 Å². The third-order valence-corrected chi connectivity index (χ3v) is 2.64. The molecular weight excluding hydrogens is 302 g/mol. The Hall–Kier alpha value is -1.28. The minimum atomic E-state index is -0.781. The van der Waals surface area contributed by atoms with E-state index in [2.05, 4.69) is 26.1 Å². The van der Waals surface area contributed by atoms with Crippen LogP contribution in [-0.2, 0) is 0 Å². The zero-order valence-electron chi connectivity index (χ0n) is 7.67. The van der Waals surface area contributed by atoms with Crippen LogP contribution in [0.4, 0.5) is 14.7 Å². The van der Waals surface area contributed by atoms with Gasteiger partial charge < -0.3 is 5.73 Å². The molecule has 0 spiro atoms. The lowest BCUT2D eigenvalue weighted by atomic mass is 10.3. The van der Waals surface area contributed by atoms with Gasteiger partial charge in [0.25, 0.3) is 0 Å². The van der Waals surface area contributed by atoms with Gasteiger partial charge >= 0.3 is 0 Å². The fraction of sp³-hybridized carbons (Fsp3) is 0. The van der Waals surface area contributed by atoms with Crippen LogP contribution in [0.2, 0.25) is 0 Å². The first-order valence-electron chi connectivity index (χ1n) is 4.08. The fourth-order valence-corrected chi connectivity index (χ4v) is 1.91. The van der Waals surface area contributed by atoms with Gasteiger partial charge in [-0.25, -0.2) is 18.4 Å². The topological polar surface area (TPSA) is 59.6 Å². The molecule has 2 rings (SSSR count). The van der Waals surface area contributed by atoms with Crippen molar-refractivity contribution < 1.29 is 8.78 Å². The third-order valence-electron chi connectivity index (χ3n) is 1.90. The highest BCUT2D eigenvalue weighted by atomic mass is 79.9. The van der Waals surface area contributed by atoms with Crippen LogP contribution in [0.5, 0.6) is 0 Å². The van der Waals surface area contributed by atoms with Gasteiger partial charge in [0.1, 0.15) is 5.69 Å². The van der Waals surface area contributed by atoms with E-state index in [0.29, 0.717) is 4.47 Å². The molecule has 1 aromatic carbocycles. The number of nitrogens with one attached hydrogen (secondary N) is 1. The standard InChI is InChI=1S/C8H5BrF2N4S/c9-3-1-4(10)6(5(11)2-3)15-7(12)13-14-8(15)16/h1-2H,(H2,12,13)(H,14,16). The number of aromatic amines is 1. The lowest BCUT2D eigenvalue weighted by Crippen LogP contribution is -2.06. The average molecular weight is 307 g/mol. The van der Waals surface area contributed by atoms with Gasteiger partial charge in [0.15, 0.2) is 11.6 Å². The Balaban J connectivity index is 2.79. The maximum atomic E-state index is 13.6. The van der Waals surface area contributed by atoms with Crippen molar-refractivity contribution in [3.8, 4) is 5.69 Å². The Morgan fingerprint density at radius 2 is 1.94 bits per heavy atom. The molecule has 0 atom stereocenters. The molecule has 0 fully saturated rings. The lowest BCUT2D eigenvalue weighted by molar-refractivity contribution is 0.567. The highest BCUT2D eigenvalue weighted by Gasteiger charge is 2.16. The molecule has 16 heavy (non-hydrogen) atoms. The number of nitrogens with zero attached hydrogens (tertiary/aromatic N) is 2. The molecule has 0 saturated heterocycles. The van der Waals surface area contributed by atoms with Gasteiger partial charge in [0.05, 0.1) is 0 Å². The first kappa shape index (κ1) is 11.2. The molecule has 8 heteroatoms. The maximum Gasteiger partial charge on any atom is 0.225 e. The number of anilines is 1. The summed E-state index contributed by atoms with van der Waals surface area (Å²) in [5.41, 5.74) is 5.11. The molecule has 4 nitrogen and oxygen atoms in total. The van der Waals surface area contributed by atoms with Crippen LogP contribution in [-0.4, -0.2) is 14.8 Å². The Bertz CT molecular complexity index is 583. The van der Waals surface area contributed by atoms with E-state index in [9.17, 15) is 8.78 Å². The van der Waals surface area contributed by atoms with Crippen LogP contribution in [0.1, 0.15) is 0 Å². The minimum Gasteiger partial charge on any atom is -0.368 e. The van der Waals surface area contributed by atoms with Gasteiger partial charge in [-0.05, 0) is 24.4 Å². The third kappa shape index (κ3) is 1.74. The number of hydrogen-bond donors (Lipinski definition) is 2. The molecule has 0 saturated carbocycles. The summed E-state index contributed by atoms with van der Waals surface area (Å²) in [5, 5.41) is 5.93. The van der Waals surface area contributed by atoms with Crippen LogP contribution >= 0.6 is 28.1 Å². The summed E-state index contributed by atoms with van der Waals surface area (Å²) in [5.74, 6) is -1.67. The zero-order valence-corrected chi connectivity index (χ0v) is 10.1. The number of rotatable bonds is 1. The van der Waals surface area contributed by atoms with E-state index >= 15 is 0 Å². The Kier molecular flexibility index (Phi) is 2.76. The average Bonchev–Trinajstić information content (AvgIpc) is 2.47. The maximum absolute atomic E-state index is 13.6. The van der Waals surface area contributed by atoms with Gasteiger partial charge in [-0.1, -0.05) is 15.9 Å². The van der Waals surface area contributed by atoms with E-state index in [-0.39, 0.29) is 16.4 Å². The van der Waals surface area contributed by atoms with E-state index in [0.717, 1.165) is 16.7 Å². The van der Waals surface area contributed by atoms with E-state index < -0.39 is 11.6 Å². The monoisotopic (exact) mass is 306 g/mol. The van der Waals surface area contributed by atoms with Gasteiger partial charge in [0, 0.05) is 4.47 Å².